The SMILES string of the molecule is CCC(C)[C@H](NC(=O)Nc1nccs1)C(=O)O. The number of nitrogens with one attached hydrogen (secondary N) is 2. The second-order valence-corrected chi connectivity index (χ2v) is 4.53. The van der Waals surface area contributed by atoms with Crippen LogP contribution in [0.5, 0.6) is 0 Å². The van der Waals surface area contributed by atoms with Crippen LogP contribution in [0.1, 0.15) is 20.3 Å². The van der Waals surface area contributed by atoms with E-state index in [0.717, 1.165) is 0 Å². The van der Waals surface area contributed by atoms with Crippen molar-refractivity contribution in [2.45, 2.75) is 26.3 Å². The molecule has 0 spiro atoms. The number of carbonyl (C=O) groups is 2. The summed E-state index contributed by atoms with van der Waals surface area (Å²) >= 11 is 1.27. The van der Waals surface area contributed by atoms with Crippen molar-refractivity contribution in [3.8, 4) is 0 Å². The highest BCUT2D eigenvalue weighted by atomic mass is 32.1. The zero-order valence-electron chi connectivity index (χ0n) is 9.64. The topological polar surface area (TPSA) is 91.3 Å². The summed E-state index contributed by atoms with van der Waals surface area (Å²) in [4.78, 5) is 26.4. The van der Waals surface area contributed by atoms with Gasteiger partial charge in [0.2, 0.25) is 0 Å². The van der Waals surface area contributed by atoms with Gasteiger partial charge in [-0.1, -0.05) is 20.3 Å². The van der Waals surface area contributed by atoms with Crippen molar-refractivity contribution in [1.82, 2.24) is 10.3 Å². The number of hydrogen-bond acceptors (Lipinski definition) is 4. The van der Waals surface area contributed by atoms with Gasteiger partial charge in [-0.3, -0.25) is 5.32 Å². The molecule has 0 saturated heterocycles. The number of carbonyl (C=O) groups excluding carboxylic acids is 1. The summed E-state index contributed by atoms with van der Waals surface area (Å²) in [5, 5.41) is 16.1. The lowest BCUT2D eigenvalue weighted by atomic mass is 10.00. The Morgan fingerprint density at radius 2 is 2.29 bits per heavy atom. The number of aromatic nitrogens is 1. The number of rotatable bonds is 5. The number of aliphatic carboxylic acids is 1. The zero-order valence-corrected chi connectivity index (χ0v) is 10.5. The Morgan fingerprint density at radius 3 is 2.76 bits per heavy atom. The van der Waals surface area contributed by atoms with Gasteiger partial charge in [0.05, 0.1) is 0 Å². The van der Waals surface area contributed by atoms with Crippen molar-refractivity contribution < 1.29 is 14.7 Å². The van der Waals surface area contributed by atoms with Crippen molar-refractivity contribution in [2.24, 2.45) is 5.92 Å². The molecule has 6 nitrogen and oxygen atoms in total. The van der Waals surface area contributed by atoms with Crippen LogP contribution < -0.4 is 10.6 Å². The molecular formula is C10H15N3O3S. The van der Waals surface area contributed by atoms with Crippen LogP contribution in [0.15, 0.2) is 11.6 Å². The van der Waals surface area contributed by atoms with E-state index in [0.29, 0.717) is 11.6 Å². The fraction of sp³-hybridized carbons (Fsp3) is 0.500. The molecule has 0 bridgehead atoms. The minimum Gasteiger partial charge on any atom is -0.480 e. The first-order valence-corrected chi connectivity index (χ1v) is 6.12. The Kier molecular flexibility index (Phi) is 4.89. The Labute approximate surface area is 103 Å². The predicted octanol–water partition coefficient (Wildman–Crippen LogP) is 1.76. The van der Waals surface area contributed by atoms with Crippen LogP contribution in [0.3, 0.4) is 0 Å². The predicted molar refractivity (Wildman–Crippen MR) is 65.1 cm³/mol. The second-order valence-electron chi connectivity index (χ2n) is 3.64. The van der Waals surface area contributed by atoms with Crippen LogP contribution >= 0.6 is 11.3 Å². The van der Waals surface area contributed by atoms with Crippen molar-refractivity contribution >= 4 is 28.5 Å². The molecule has 1 rings (SSSR count). The van der Waals surface area contributed by atoms with Crippen molar-refractivity contribution in [3.63, 3.8) is 0 Å². The largest absolute Gasteiger partial charge is 0.480 e. The van der Waals surface area contributed by atoms with E-state index in [4.69, 9.17) is 5.11 Å². The van der Waals surface area contributed by atoms with Gasteiger partial charge in [-0.2, -0.15) is 0 Å². The highest BCUT2D eigenvalue weighted by Gasteiger charge is 2.25. The van der Waals surface area contributed by atoms with E-state index in [1.165, 1.54) is 11.3 Å². The molecule has 2 atom stereocenters. The van der Waals surface area contributed by atoms with Crippen LogP contribution in [0.25, 0.3) is 0 Å². The number of carboxylic acid groups (broad SMARTS) is 1. The first kappa shape index (κ1) is 13.4. The van der Waals surface area contributed by atoms with E-state index in [1.54, 1.807) is 18.5 Å². The van der Waals surface area contributed by atoms with Crippen LogP contribution in [0.4, 0.5) is 9.93 Å². The summed E-state index contributed by atoms with van der Waals surface area (Å²) in [5.74, 6) is -1.16. The molecule has 0 radical (unpaired) electrons. The molecule has 17 heavy (non-hydrogen) atoms. The van der Waals surface area contributed by atoms with Crippen LogP contribution in [-0.4, -0.2) is 28.1 Å². The maximum Gasteiger partial charge on any atom is 0.326 e. The number of anilines is 1. The molecule has 7 heteroatoms. The summed E-state index contributed by atoms with van der Waals surface area (Å²) in [7, 11) is 0. The smallest absolute Gasteiger partial charge is 0.326 e. The molecule has 0 saturated carbocycles. The van der Waals surface area contributed by atoms with Crippen molar-refractivity contribution in [1.29, 1.82) is 0 Å². The standard InChI is InChI=1S/C10H15N3O3S/c1-3-6(2)7(8(14)15)12-9(16)13-10-11-4-5-17-10/h4-7H,3H2,1-2H3,(H,14,15)(H2,11,12,13,16)/t6?,7-/m0/s1. The molecule has 0 aliphatic rings. The molecule has 0 fully saturated rings. The fourth-order valence-corrected chi connectivity index (χ4v) is 1.77. The molecule has 0 aliphatic carbocycles. The number of carboxylic acids is 1. The fourth-order valence-electron chi connectivity index (χ4n) is 1.24. The molecule has 2 amide bonds. The lowest BCUT2D eigenvalue weighted by molar-refractivity contribution is -0.140. The van der Waals surface area contributed by atoms with Crippen LogP contribution in [0, 0.1) is 5.92 Å². The van der Waals surface area contributed by atoms with Gasteiger partial charge in [-0.05, 0) is 5.92 Å². The Bertz CT molecular complexity index is 380. The quantitative estimate of drug-likeness (QED) is 0.749. The van der Waals surface area contributed by atoms with Gasteiger partial charge in [0, 0.05) is 11.6 Å². The molecule has 3 N–H and O–H groups in total. The normalized spacial score (nSPS) is 13.8. The highest BCUT2D eigenvalue weighted by molar-refractivity contribution is 7.13. The minimum absolute atomic E-state index is 0.130. The van der Waals surface area contributed by atoms with Crippen molar-refractivity contribution in [2.75, 3.05) is 5.32 Å². The second kappa shape index (κ2) is 6.19. The number of amides is 2. The molecular weight excluding hydrogens is 242 g/mol. The molecule has 94 valence electrons. The number of hydrogen-bond donors (Lipinski definition) is 3. The van der Waals surface area contributed by atoms with Crippen molar-refractivity contribution in [3.05, 3.63) is 11.6 Å². The maximum atomic E-state index is 11.5. The molecule has 1 aromatic rings. The minimum atomic E-state index is -1.03. The first-order chi connectivity index (χ1) is 8.04. The zero-order chi connectivity index (χ0) is 12.8. The van der Waals surface area contributed by atoms with E-state index in [1.807, 2.05) is 6.92 Å². The summed E-state index contributed by atoms with van der Waals surface area (Å²) in [6, 6.07) is -1.44. The van der Waals surface area contributed by atoms with Gasteiger partial charge in [0.1, 0.15) is 6.04 Å². The lowest BCUT2D eigenvalue weighted by Crippen LogP contribution is -2.46. The van der Waals surface area contributed by atoms with Gasteiger partial charge < -0.3 is 10.4 Å². The highest BCUT2D eigenvalue weighted by Crippen LogP contribution is 2.11. The average Bonchev–Trinajstić information content (AvgIpc) is 2.77. The third kappa shape index (κ3) is 4.03. The molecule has 0 aromatic carbocycles. The Hall–Kier alpha value is -1.63. The summed E-state index contributed by atoms with van der Waals surface area (Å²) in [5.41, 5.74) is 0. The van der Waals surface area contributed by atoms with Gasteiger partial charge in [-0.15, -0.1) is 11.3 Å². The number of nitrogens with zero attached hydrogens (tertiary/aromatic N) is 1. The van der Waals surface area contributed by atoms with Crippen LogP contribution in [-0.2, 0) is 4.79 Å². The number of thiazole rings is 1. The van der Waals surface area contributed by atoms with E-state index >= 15 is 0 Å². The summed E-state index contributed by atoms with van der Waals surface area (Å²) in [6.45, 7) is 3.66. The molecule has 0 aliphatic heterocycles. The van der Waals surface area contributed by atoms with E-state index in [-0.39, 0.29) is 5.92 Å². The Balaban J connectivity index is 2.55. The number of urea groups is 1. The average molecular weight is 257 g/mol. The Morgan fingerprint density at radius 1 is 1.59 bits per heavy atom. The first-order valence-electron chi connectivity index (χ1n) is 5.24. The molecule has 1 unspecified atom stereocenters. The molecule has 1 heterocycles. The van der Waals surface area contributed by atoms with Gasteiger partial charge >= 0.3 is 12.0 Å². The van der Waals surface area contributed by atoms with Gasteiger partial charge in [0.15, 0.2) is 5.13 Å². The van der Waals surface area contributed by atoms with E-state index in [2.05, 4.69) is 15.6 Å². The van der Waals surface area contributed by atoms with Gasteiger partial charge in [-0.25, -0.2) is 14.6 Å². The summed E-state index contributed by atoms with van der Waals surface area (Å²) in [6.07, 6.45) is 2.23. The van der Waals surface area contributed by atoms with Gasteiger partial charge in [0.25, 0.3) is 0 Å². The third-order valence-electron chi connectivity index (χ3n) is 2.42. The summed E-state index contributed by atoms with van der Waals surface area (Å²) < 4.78 is 0. The molecule has 1 aromatic heterocycles. The third-order valence-corrected chi connectivity index (χ3v) is 3.11. The maximum absolute atomic E-state index is 11.5. The van der Waals surface area contributed by atoms with E-state index in [9.17, 15) is 9.59 Å². The monoisotopic (exact) mass is 257 g/mol. The lowest BCUT2D eigenvalue weighted by Gasteiger charge is -2.19. The van der Waals surface area contributed by atoms with E-state index < -0.39 is 18.0 Å². The van der Waals surface area contributed by atoms with Crippen LogP contribution in [0.2, 0.25) is 0 Å².